The maximum Gasteiger partial charge on any atom is 0.176 e. The minimum absolute atomic E-state index is 0.0697. The molecule has 3 heteroatoms. The van der Waals surface area contributed by atoms with Crippen LogP contribution in [0.2, 0.25) is 0 Å². The number of ketones is 1. The Morgan fingerprint density at radius 1 is 1.07 bits per heavy atom. The fraction of sp³-hybridized carbons (Fsp3) is 0.231. The molecule has 2 aromatic carbocycles. The molecule has 2 atom stereocenters. The van der Waals surface area contributed by atoms with Crippen LogP contribution in [0.15, 0.2) is 73.1 Å². The Kier molecular flexibility index (Phi) is 4.39. The van der Waals surface area contributed by atoms with E-state index in [2.05, 4.69) is 60.3 Å². The van der Waals surface area contributed by atoms with Crippen molar-refractivity contribution in [1.29, 1.82) is 0 Å². The molecule has 1 aromatic heterocycles. The quantitative estimate of drug-likeness (QED) is 0.575. The normalized spacial score (nSPS) is 20.2. The average molecular weight is 384 g/mol. The summed E-state index contributed by atoms with van der Waals surface area (Å²) in [5, 5.41) is 0. The Morgan fingerprint density at radius 3 is 2.72 bits per heavy atom. The Bertz CT molecular complexity index is 1130. The molecule has 0 saturated carbocycles. The smallest absolute Gasteiger partial charge is 0.176 e. The number of hydrogen-bond acceptors (Lipinski definition) is 1. The van der Waals surface area contributed by atoms with Gasteiger partial charge in [-0.05, 0) is 48.6 Å². The molecule has 144 valence electrons. The number of carbonyl (C=O) groups excluding carboxylic acids is 1. The lowest BCUT2D eigenvalue weighted by atomic mass is 9.74. The van der Waals surface area contributed by atoms with E-state index in [1.165, 1.54) is 34.4 Å². The molecule has 0 N–H and O–H groups in total. The van der Waals surface area contributed by atoms with Crippen LogP contribution in [0.1, 0.15) is 51.9 Å². The van der Waals surface area contributed by atoms with Crippen molar-refractivity contribution in [3.63, 3.8) is 0 Å². The van der Waals surface area contributed by atoms with Gasteiger partial charge in [0.1, 0.15) is 5.82 Å². The highest BCUT2D eigenvalue weighted by Crippen LogP contribution is 2.44. The van der Waals surface area contributed by atoms with Crippen LogP contribution in [0.3, 0.4) is 0 Å². The summed E-state index contributed by atoms with van der Waals surface area (Å²) < 4.78 is 15.9. The number of pyridine rings is 1. The van der Waals surface area contributed by atoms with Crippen molar-refractivity contribution in [3.8, 4) is 0 Å². The van der Waals surface area contributed by atoms with E-state index in [4.69, 9.17) is 0 Å². The highest BCUT2D eigenvalue weighted by Gasteiger charge is 2.37. The lowest BCUT2D eigenvalue weighted by Crippen LogP contribution is -2.34. The van der Waals surface area contributed by atoms with Crippen LogP contribution in [-0.4, -0.2) is 5.78 Å². The van der Waals surface area contributed by atoms with Crippen LogP contribution in [0.25, 0.3) is 5.57 Å². The van der Waals surface area contributed by atoms with E-state index in [9.17, 15) is 9.18 Å². The van der Waals surface area contributed by atoms with Gasteiger partial charge in [0.25, 0.3) is 0 Å². The van der Waals surface area contributed by atoms with Gasteiger partial charge >= 0.3 is 0 Å². The minimum atomic E-state index is -0.335. The van der Waals surface area contributed by atoms with Crippen LogP contribution in [-0.2, 0) is 13.0 Å². The molecular formula is C26H23FNO+. The lowest BCUT2D eigenvalue weighted by Gasteiger charge is -2.27. The fourth-order valence-electron chi connectivity index (χ4n) is 4.82. The summed E-state index contributed by atoms with van der Waals surface area (Å²) in [7, 11) is 0. The van der Waals surface area contributed by atoms with Crippen molar-refractivity contribution in [1.82, 2.24) is 0 Å². The van der Waals surface area contributed by atoms with Crippen molar-refractivity contribution >= 4 is 11.4 Å². The molecule has 0 aliphatic heterocycles. The number of halogens is 1. The van der Waals surface area contributed by atoms with Crippen LogP contribution >= 0.6 is 0 Å². The Hall–Kier alpha value is -3.07. The van der Waals surface area contributed by atoms with Gasteiger partial charge in [-0.1, -0.05) is 42.5 Å². The molecular weight excluding hydrogens is 361 g/mol. The number of aryl methyl sites for hydroxylation is 1. The number of fused-ring (bicyclic) bond motifs is 2. The van der Waals surface area contributed by atoms with E-state index < -0.39 is 0 Å². The second-order valence-electron chi connectivity index (χ2n) is 8.16. The molecule has 3 aromatic rings. The number of rotatable bonds is 3. The van der Waals surface area contributed by atoms with E-state index in [0.717, 1.165) is 24.9 Å². The summed E-state index contributed by atoms with van der Waals surface area (Å²) in [5.41, 5.74) is 6.44. The fourth-order valence-corrected chi connectivity index (χ4v) is 4.82. The van der Waals surface area contributed by atoms with Gasteiger partial charge in [0.15, 0.2) is 24.7 Å². The van der Waals surface area contributed by atoms with Crippen molar-refractivity contribution in [2.45, 2.75) is 32.2 Å². The Morgan fingerprint density at radius 2 is 1.90 bits per heavy atom. The molecule has 0 spiro atoms. The SMILES string of the molecule is CC1=CC(C2CCc3ccc(F)cc3C2=O)c2cc[n+](Cc3ccccc3)cc21. The van der Waals surface area contributed by atoms with Gasteiger partial charge in [0.05, 0.1) is 0 Å². The summed E-state index contributed by atoms with van der Waals surface area (Å²) in [6.07, 6.45) is 8.15. The zero-order chi connectivity index (χ0) is 20.0. The van der Waals surface area contributed by atoms with Gasteiger partial charge in [0, 0.05) is 34.6 Å². The number of carbonyl (C=O) groups is 1. The minimum Gasteiger partial charge on any atom is -0.294 e. The molecule has 2 nitrogen and oxygen atoms in total. The molecule has 2 unspecified atom stereocenters. The zero-order valence-electron chi connectivity index (χ0n) is 16.4. The largest absolute Gasteiger partial charge is 0.294 e. The van der Waals surface area contributed by atoms with Gasteiger partial charge in [-0.3, -0.25) is 4.79 Å². The third-order valence-electron chi connectivity index (χ3n) is 6.31. The van der Waals surface area contributed by atoms with Gasteiger partial charge in [-0.25, -0.2) is 8.96 Å². The molecule has 0 fully saturated rings. The molecule has 0 bridgehead atoms. The highest BCUT2D eigenvalue weighted by molar-refractivity contribution is 6.01. The molecule has 5 rings (SSSR count). The predicted molar refractivity (Wildman–Crippen MR) is 111 cm³/mol. The number of benzene rings is 2. The monoisotopic (exact) mass is 384 g/mol. The maximum atomic E-state index is 13.7. The summed E-state index contributed by atoms with van der Waals surface area (Å²) in [6.45, 7) is 2.94. The van der Waals surface area contributed by atoms with Crippen LogP contribution in [0.5, 0.6) is 0 Å². The molecule has 29 heavy (non-hydrogen) atoms. The number of aromatic nitrogens is 1. The van der Waals surface area contributed by atoms with Gasteiger partial charge in [-0.15, -0.1) is 0 Å². The summed E-state index contributed by atoms with van der Waals surface area (Å²) >= 11 is 0. The average Bonchev–Trinajstić information content (AvgIpc) is 3.05. The van der Waals surface area contributed by atoms with E-state index >= 15 is 0 Å². The first kappa shape index (κ1) is 18.0. The van der Waals surface area contributed by atoms with Crippen LogP contribution in [0.4, 0.5) is 4.39 Å². The second kappa shape index (κ2) is 7.07. The van der Waals surface area contributed by atoms with Crippen molar-refractivity contribution in [3.05, 3.63) is 107 Å². The summed E-state index contributed by atoms with van der Waals surface area (Å²) in [5.74, 6) is -0.308. The zero-order valence-corrected chi connectivity index (χ0v) is 16.4. The number of nitrogens with zero attached hydrogens (tertiary/aromatic N) is 1. The second-order valence-corrected chi connectivity index (χ2v) is 8.16. The number of allylic oxidation sites excluding steroid dienone is 2. The molecule has 1 heterocycles. The molecule has 2 aliphatic rings. The van der Waals surface area contributed by atoms with E-state index in [0.29, 0.717) is 5.56 Å². The first-order valence-electron chi connectivity index (χ1n) is 10.2. The van der Waals surface area contributed by atoms with E-state index in [-0.39, 0.29) is 23.4 Å². The third-order valence-corrected chi connectivity index (χ3v) is 6.31. The van der Waals surface area contributed by atoms with Crippen molar-refractivity contribution in [2.75, 3.05) is 0 Å². The summed E-state index contributed by atoms with van der Waals surface area (Å²) in [4.78, 5) is 13.2. The van der Waals surface area contributed by atoms with Gasteiger partial charge < -0.3 is 0 Å². The Labute approximate surface area is 170 Å². The standard InChI is InChI=1S/C26H23FNO/c1-17-13-24(22-10-8-19-7-9-20(27)14-23(19)26(22)29)21-11-12-28(16-25(17)21)15-18-5-3-2-4-6-18/h2-7,9,11-14,16,22,24H,8,10,15H2,1H3/q+1. The molecule has 2 aliphatic carbocycles. The van der Waals surface area contributed by atoms with Gasteiger partial charge in [0.2, 0.25) is 0 Å². The first-order valence-corrected chi connectivity index (χ1v) is 10.2. The van der Waals surface area contributed by atoms with Crippen LogP contribution in [0, 0.1) is 11.7 Å². The van der Waals surface area contributed by atoms with E-state index in [1.807, 2.05) is 6.07 Å². The number of Topliss-reactive ketones (excluding diaryl/α,β-unsaturated/α-hetero) is 1. The molecule has 0 radical (unpaired) electrons. The Balaban J connectivity index is 1.45. The third kappa shape index (κ3) is 3.21. The van der Waals surface area contributed by atoms with Crippen molar-refractivity contribution < 1.29 is 13.8 Å². The highest BCUT2D eigenvalue weighted by atomic mass is 19.1. The van der Waals surface area contributed by atoms with E-state index in [1.54, 1.807) is 6.07 Å². The van der Waals surface area contributed by atoms with Gasteiger partial charge in [-0.2, -0.15) is 0 Å². The van der Waals surface area contributed by atoms with Crippen molar-refractivity contribution in [2.24, 2.45) is 5.92 Å². The predicted octanol–water partition coefficient (Wildman–Crippen LogP) is 5.11. The molecule has 0 amide bonds. The molecule has 0 saturated heterocycles. The number of hydrogen-bond donors (Lipinski definition) is 0. The summed E-state index contributed by atoms with van der Waals surface area (Å²) in [6, 6.07) is 17.2. The van der Waals surface area contributed by atoms with Crippen LogP contribution < -0.4 is 4.57 Å². The maximum absolute atomic E-state index is 13.7. The lowest BCUT2D eigenvalue weighted by molar-refractivity contribution is -0.688. The topological polar surface area (TPSA) is 20.9 Å². The first-order chi connectivity index (χ1) is 14.1.